The molecule has 6 nitrogen and oxygen atoms in total. The number of nitrogens with zero attached hydrogens (tertiary/aromatic N) is 4. The highest BCUT2D eigenvalue weighted by Gasteiger charge is 2.34. The second-order valence-electron chi connectivity index (χ2n) is 5.64. The molecular weight excluding hydrogens is 278 g/mol. The van der Waals surface area contributed by atoms with Gasteiger partial charge in [-0.3, -0.25) is 4.79 Å². The van der Waals surface area contributed by atoms with Gasteiger partial charge >= 0.3 is 0 Å². The van der Waals surface area contributed by atoms with E-state index in [4.69, 9.17) is 4.98 Å². The van der Waals surface area contributed by atoms with Crippen LogP contribution in [0.4, 0.5) is 0 Å². The number of amides is 1. The highest BCUT2D eigenvalue weighted by molar-refractivity contribution is 5.92. The third-order valence-electron chi connectivity index (χ3n) is 4.36. The number of hydrogen-bond acceptors (Lipinski definition) is 3. The van der Waals surface area contributed by atoms with Crippen molar-refractivity contribution in [2.75, 3.05) is 6.54 Å². The summed E-state index contributed by atoms with van der Waals surface area (Å²) in [5.74, 6) is 0.943. The van der Waals surface area contributed by atoms with Crippen LogP contribution in [-0.4, -0.2) is 36.9 Å². The Hall–Kier alpha value is -2.63. The molecule has 0 radical (unpaired) electrons. The summed E-state index contributed by atoms with van der Waals surface area (Å²) in [5.41, 5.74) is 2.60. The van der Waals surface area contributed by atoms with Crippen molar-refractivity contribution in [1.29, 1.82) is 0 Å². The van der Waals surface area contributed by atoms with Crippen LogP contribution in [0.25, 0.3) is 11.0 Å². The first-order chi connectivity index (χ1) is 10.8. The normalized spacial score (nSPS) is 18.2. The molecule has 1 aliphatic rings. The number of aryl methyl sites for hydroxylation is 1. The fourth-order valence-electron chi connectivity index (χ4n) is 3.27. The number of carbonyl (C=O) groups excluding carboxylic acids is 1. The molecule has 22 heavy (non-hydrogen) atoms. The van der Waals surface area contributed by atoms with Gasteiger partial charge in [0.2, 0.25) is 0 Å². The smallest absolute Gasteiger partial charge is 0.272 e. The number of fused-ring (bicyclic) bond motifs is 1. The van der Waals surface area contributed by atoms with Crippen LogP contribution >= 0.6 is 0 Å². The molecule has 0 unspecified atom stereocenters. The number of aromatic nitrogens is 4. The third kappa shape index (κ3) is 1.91. The number of carbonyl (C=O) groups is 1. The summed E-state index contributed by atoms with van der Waals surface area (Å²) in [4.78, 5) is 26.1. The topological polar surface area (TPSA) is 66.8 Å². The zero-order valence-electron chi connectivity index (χ0n) is 12.4. The van der Waals surface area contributed by atoms with Crippen molar-refractivity contribution in [3.8, 4) is 0 Å². The number of aromatic amines is 1. The predicted octanol–water partition coefficient (Wildman–Crippen LogP) is 2.27. The quantitative estimate of drug-likeness (QED) is 0.788. The molecule has 1 atom stereocenters. The van der Waals surface area contributed by atoms with Crippen LogP contribution in [0.2, 0.25) is 0 Å². The van der Waals surface area contributed by atoms with E-state index in [0.29, 0.717) is 5.69 Å². The summed E-state index contributed by atoms with van der Waals surface area (Å²) in [6.07, 6.45) is 5.05. The van der Waals surface area contributed by atoms with E-state index in [2.05, 4.69) is 20.6 Å². The average molecular weight is 295 g/mol. The minimum absolute atomic E-state index is 0.00736. The Labute approximate surface area is 127 Å². The molecule has 2 aromatic heterocycles. The highest BCUT2D eigenvalue weighted by Crippen LogP contribution is 2.33. The van der Waals surface area contributed by atoms with Gasteiger partial charge in [0.15, 0.2) is 0 Å². The van der Waals surface area contributed by atoms with E-state index in [0.717, 1.165) is 36.2 Å². The minimum atomic E-state index is -0.00736. The van der Waals surface area contributed by atoms with E-state index in [1.54, 1.807) is 6.20 Å². The standard InChI is InChI=1S/C16H17N5O/c1-20-13-6-3-2-5-11(13)19-15(20)14-7-4-8-21(14)16(22)12-9-17-10-18-12/h2-3,5-6,9-10,14H,4,7-8H2,1H3,(H,17,18)/t14-/m0/s1. The first kappa shape index (κ1) is 13.1. The molecule has 0 bridgehead atoms. The van der Waals surface area contributed by atoms with Crippen molar-refractivity contribution >= 4 is 16.9 Å². The Morgan fingerprint density at radius 1 is 1.36 bits per heavy atom. The van der Waals surface area contributed by atoms with Crippen LogP contribution in [0.3, 0.4) is 0 Å². The molecule has 1 aromatic carbocycles. The van der Waals surface area contributed by atoms with Crippen LogP contribution in [-0.2, 0) is 7.05 Å². The lowest BCUT2D eigenvalue weighted by Gasteiger charge is -2.23. The van der Waals surface area contributed by atoms with Gasteiger partial charge in [0.05, 0.1) is 29.6 Å². The highest BCUT2D eigenvalue weighted by atomic mass is 16.2. The molecule has 1 fully saturated rings. The van der Waals surface area contributed by atoms with Crippen molar-refractivity contribution in [2.45, 2.75) is 18.9 Å². The van der Waals surface area contributed by atoms with E-state index < -0.39 is 0 Å². The van der Waals surface area contributed by atoms with Crippen LogP contribution in [0.5, 0.6) is 0 Å². The summed E-state index contributed by atoms with van der Waals surface area (Å²) in [5, 5.41) is 0. The Kier molecular flexibility index (Phi) is 2.96. The van der Waals surface area contributed by atoms with Gasteiger partial charge in [0, 0.05) is 13.6 Å². The Bertz CT molecular complexity index is 820. The van der Waals surface area contributed by atoms with E-state index in [-0.39, 0.29) is 11.9 Å². The zero-order valence-corrected chi connectivity index (χ0v) is 12.4. The summed E-state index contributed by atoms with van der Waals surface area (Å²) >= 11 is 0. The predicted molar refractivity (Wildman–Crippen MR) is 82.3 cm³/mol. The summed E-state index contributed by atoms with van der Waals surface area (Å²) in [7, 11) is 2.02. The number of imidazole rings is 2. The Morgan fingerprint density at radius 3 is 3.00 bits per heavy atom. The fourth-order valence-corrected chi connectivity index (χ4v) is 3.27. The fraction of sp³-hybridized carbons (Fsp3) is 0.312. The van der Waals surface area contributed by atoms with Crippen molar-refractivity contribution in [2.24, 2.45) is 7.05 Å². The number of H-pyrrole nitrogens is 1. The molecule has 3 heterocycles. The summed E-state index contributed by atoms with van der Waals surface area (Å²) in [6, 6.07) is 8.08. The number of nitrogens with one attached hydrogen (secondary N) is 1. The molecule has 0 saturated carbocycles. The van der Waals surface area contributed by atoms with Gasteiger partial charge in [-0.25, -0.2) is 9.97 Å². The molecule has 0 aliphatic carbocycles. The Balaban J connectivity index is 1.73. The second-order valence-corrected chi connectivity index (χ2v) is 5.64. The van der Waals surface area contributed by atoms with Gasteiger partial charge in [0.25, 0.3) is 5.91 Å². The third-order valence-corrected chi connectivity index (χ3v) is 4.36. The number of rotatable bonds is 2. The van der Waals surface area contributed by atoms with Gasteiger partial charge < -0.3 is 14.5 Å². The maximum atomic E-state index is 12.6. The summed E-state index contributed by atoms with van der Waals surface area (Å²) < 4.78 is 2.10. The van der Waals surface area contributed by atoms with Crippen LogP contribution in [0.15, 0.2) is 36.8 Å². The molecule has 6 heteroatoms. The van der Waals surface area contributed by atoms with E-state index in [1.807, 2.05) is 30.1 Å². The lowest BCUT2D eigenvalue weighted by molar-refractivity contribution is 0.0723. The van der Waals surface area contributed by atoms with E-state index >= 15 is 0 Å². The monoisotopic (exact) mass is 295 g/mol. The van der Waals surface area contributed by atoms with Crippen LogP contribution in [0, 0.1) is 0 Å². The molecule has 1 aliphatic heterocycles. The maximum absolute atomic E-state index is 12.6. The summed E-state index contributed by atoms with van der Waals surface area (Å²) in [6.45, 7) is 0.756. The lowest BCUT2D eigenvalue weighted by atomic mass is 10.2. The van der Waals surface area contributed by atoms with E-state index in [1.165, 1.54) is 6.33 Å². The van der Waals surface area contributed by atoms with Crippen LogP contribution in [0.1, 0.15) is 35.2 Å². The van der Waals surface area contributed by atoms with E-state index in [9.17, 15) is 4.79 Å². The minimum Gasteiger partial charge on any atom is -0.341 e. The molecule has 1 amide bonds. The van der Waals surface area contributed by atoms with Crippen LogP contribution < -0.4 is 0 Å². The second kappa shape index (κ2) is 4.98. The lowest BCUT2D eigenvalue weighted by Crippen LogP contribution is -2.32. The molecule has 1 saturated heterocycles. The van der Waals surface area contributed by atoms with Gasteiger partial charge in [0.1, 0.15) is 11.5 Å². The average Bonchev–Trinajstić information content (AvgIpc) is 3.27. The first-order valence-electron chi connectivity index (χ1n) is 7.46. The molecule has 112 valence electrons. The van der Waals surface area contributed by atoms with Crippen molar-refractivity contribution in [3.05, 3.63) is 48.3 Å². The maximum Gasteiger partial charge on any atom is 0.272 e. The number of benzene rings is 1. The van der Waals surface area contributed by atoms with Gasteiger partial charge in [-0.2, -0.15) is 0 Å². The molecule has 3 aromatic rings. The van der Waals surface area contributed by atoms with Crippen molar-refractivity contribution in [1.82, 2.24) is 24.4 Å². The number of likely N-dealkylation sites (tertiary alicyclic amines) is 1. The largest absolute Gasteiger partial charge is 0.341 e. The number of hydrogen-bond donors (Lipinski definition) is 1. The zero-order chi connectivity index (χ0) is 15.1. The van der Waals surface area contributed by atoms with Crippen molar-refractivity contribution in [3.63, 3.8) is 0 Å². The van der Waals surface area contributed by atoms with Gasteiger partial charge in [-0.1, -0.05) is 12.1 Å². The molecule has 4 rings (SSSR count). The molecule has 1 N–H and O–H groups in total. The molecule has 0 spiro atoms. The van der Waals surface area contributed by atoms with Gasteiger partial charge in [-0.15, -0.1) is 0 Å². The van der Waals surface area contributed by atoms with Crippen molar-refractivity contribution < 1.29 is 4.79 Å². The van der Waals surface area contributed by atoms with Gasteiger partial charge in [-0.05, 0) is 25.0 Å². The number of para-hydroxylation sites is 2. The Morgan fingerprint density at radius 2 is 2.23 bits per heavy atom. The SMILES string of the molecule is Cn1c([C@@H]2CCCN2C(=O)c2cnc[nH]2)nc2ccccc21. The molecular formula is C16H17N5O. The first-order valence-corrected chi connectivity index (χ1v) is 7.46.